The molecule has 2 atom stereocenters. The van der Waals surface area contributed by atoms with E-state index in [4.69, 9.17) is 11.6 Å². The first-order chi connectivity index (χ1) is 8.60. The van der Waals surface area contributed by atoms with E-state index in [0.29, 0.717) is 5.92 Å². The van der Waals surface area contributed by atoms with E-state index in [9.17, 15) is 0 Å². The summed E-state index contributed by atoms with van der Waals surface area (Å²) in [6.45, 7) is 9.19. The molecular weight excluding hydrogens is 240 g/mol. The molecule has 0 rings (SSSR count). The second-order valence-corrected chi connectivity index (χ2v) is 6.74. The van der Waals surface area contributed by atoms with Gasteiger partial charge < -0.3 is 0 Å². The molecule has 0 bridgehead atoms. The van der Waals surface area contributed by atoms with Crippen molar-refractivity contribution in [2.24, 2.45) is 5.92 Å². The molecule has 0 amide bonds. The molecule has 0 aliphatic carbocycles. The monoisotopic (exact) mass is 274 g/mol. The van der Waals surface area contributed by atoms with Crippen LogP contribution in [0.5, 0.6) is 0 Å². The second-order valence-electron chi connectivity index (χ2n) is 5.99. The first-order valence-electron chi connectivity index (χ1n) is 8.29. The first kappa shape index (κ1) is 18.3. The number of unbranched alkanes of at least 4 members (excludes halogenated alkanes) is 5. The molecule has 2 unspecified atom stereocenters. The quantitative estimate of drug-likeness (QED) is 0.267. The molecule has 0 radical (unpaired) electrons. The fourth-order valence-corrected chi connectivity index (χ4v) is 3.09. The van der Waals surface area contributed by atoms with Crippen LogP contribution >= 0.6 is 11.6 Å². The fraction of sp³-hybridized carbons (Fsp3) is 1.00. The zero-order chi connectivity index (χ0) is 13.9. The van der Waals surface area contributed by atoms with Gasteiger partial charge in [0.15, 0.2) is 0 Å². The number of rotatable bonds is 12. The highest BCUT2D eigenvalue weighted by Gasteiger charge is 2.32. The highest BCUT2D eigenvalue weighted by atomic mass is 35.5. The Labute approximate surface area is 121 Å². The number of alkyl halides is 1. The van der Waals surface area contributed by atoms with Crippen molar-refractivity contribution in [3.8, 4) is 0 Å². The Morgan fingerprint density at radius 2 is 1.28 bits per heavy atom. The molecule has 18 heavy (non-hydrogen) atoms. The third-order valence-electron chi connectivity index (χ3n) is 4.27. The van der Waals surface area contributed by atoms with Crippen LogP contribution in [0.3, 0.4) is 0 Å². The molecule has 0 aromatic carbocycles. The lowest BCUT2D eigenvalue weighted by Crippen LogP contribution is -2.30. The molecule has 0 saturated heterocycles. The highest BCUT2D eigenvalue weighted by molar-refractivity contribution is 6.24. The molecule has 0 nitrogen and oxygen atoms in total. The summed E-state index contributed by atoms with van der Waals surface area (Å²) in [4.78, 5) is 0.0823. The van der Waals surface area contributed by atoms with Crippen molar-refractivity contribution in [2.75, 3.05) is 0 Å². The minimum atomic E-state index is 0.0823. The van der Waals surface area contributed by atoms with E-state index in [-0.39, 0.29) is 4.87 Å². The molecule has 0 saturated carbocycles. The lowest BCUT2D eigenvalue weighted by molar-refractivity contribution is 0.308. The predicted octanol–water partition coefficient (Wildman–Crippen LogP) is 6.95. The summed E-state index contributed by atoms with van der Waals surface area (Å²) in [5.41, 5.74) is 0. The normalized spacial score (nSPS) is 16.5. The molecule has 0 heterocycles. The van der Waals surface area contributed by atoms with Crippen molar-refractivity contribution in [3.05, 3.63) is 0 Å². The van der Waals surface area contributed by atoms with Crippen LogP contribution in [0, 0.1) is 5.92 Å². The van der Waals surface area contributed by atoms with E-state index in [2.05, 4.69) is 27.7 Å². The Kier molecular flexibility index (Phi) is 11.3. The summed E-state index contributed by atoms with van der Waals surface area (Å²) in [6, 6.07) is 0. The van der Waals surface area contributed by atoms with Gasteiger partial charge in [0.25, 0.3) is 0 Å². The summed E-state index contributed by atoms with van der Waals surface area (Å²) in [7, 11) is 0. The SMILES string of the molecule is CCCCCC(C)C(Cl)(CCCC)CCCCC. The van der Waals surface area contributed by atoms with E-state index in [1.54, 1.807) is 0 Å². The molecule has 1 heteroatoms. The molecule has 110 valence electrons. The summed E-state index contributed by atoms with van der Waals surface area (Å²) < 4.78 is 0. The highest BCUT2D eigenvalue weighted by Crippen LogP contribution is 2.39. The van der Waals surface area contributed by atoms with Crippen LogP contribution in [0.2, 0.25) is 0 Å². The van der Waals surface area contributed by atoms with Gasteiger partial charge in [-0.3, -0.25) is 0 Å². The largest absolute Gasteiger partial charge is 0.119 e. The van der Waals surface area contributed by atoms with Gasteiger partial charge in [0.2, 0.25) is 0 Å². The van der Waals surface area contributed by atoms with Gasteiger partial charge in [-0.1, -0.05) is 79.1 Å². The average molecular weight is 275 g/mol. The van der Waals surface area contributed by atoms with E-state index in [1.807, 2.05) is 0 Å². The Bertz CT molecular complexity index is 178. The van der Waals surface area contributed by atoms with Gasteiger partial charge in [-0.05, 0) is 25.2 Å². The molecule has 0 aliphatic heterocycles. The summed E-state index contributed by atoms with van der Waals surface area (Å²) >= 11 is 6.98. The Morgan fingerprint density at radius 1 is 0.778 bits per heavy atom. The summed E-state index contributed by atoms with van der Waals surface area (Å²) in [6.07, 6.45) is 14.3. The molecule has 0 fully saturated rings. The second kappa shape index (κ2) is 11.1. The third-order valence-corrected chi connectivity index (χ3v) is 5.02. The maximum absolute atomic E-state index is 6.98. The van der Waals surface area contributed by atoms with Crippen molar-refractivity contribution < 1.29 is 0 Å². The van der Waals surface area contributed by atoms with Crippen LogP contribution in [-0.2, 0) is 0 Å². The van der Waals surface area contributed by atoms with Gasteiger partial charge in [0.05, 0.1) is 0 Å². The predicted molar refractivity (Wildman–Crippen MR) is 85.6 cm³/mol. The molecule has 0 aromatic heterocycles. The average Bonchev–Trinajstić information content (AvgIpc) is 2.37. The van der Waals surface area contributed by atoms with Crippen molar-refractivity contribution >= 4 is 11.6 Å². The van der Waals surface area contributed by atoms with Crippen LogP contribution in [0.25, 0.3) is 0 Å². The van der Waals surface area contributed by atoms with Crippen LogP contribution in [0.15, 0.2) is 0 Å². The lowest BCUT2D eigenvalue weighted by Gasteiger charge is -2.34. The molecule has 0 aliphatic rings. The topological polar surface area (TPSA) is 0 Å². The molecule has 0 spiro atoms. The minimum absolute atomic E-state index is 0.0823. The fourth-order valence-electron chi connectivity index (χ4n) is 2.72. The summed E-state index contributed by atoms with van der Waals surface area (Å²) in [5, 5.41) is 0. The lowest BCUT2D eigenvalue weighted by atomic mass is 9.81. The zero-order valence-corrected chi connectivity index (χ0v) is 14.0. The molecule has 0 aromatic rings. The van der Waals surface area contributed by atoms with Gasteiger partial charge >= 0.3 is 0 Å². The van der Waals surface area contributed by atoms with E-state index in [1.165, 1.54) is 70.6 Å². The maximum atomic E-state index is 6.98. The van der Waals surface area contributed by atoms with Crippen molar-refractivity contribution in [1.82, 2.24) is 0 Å². The number of halogens is 1. The Balaban J connectivity index is 4.23. The van der Waals surface area contributed by atoms with E-state index in [0.717, 1.165) is 0 Å². The van der Waals surface area contributed by atoms with Crippen LogP contribution in [-0.4, -0.2) is 4.87 Å². The van der Waals surface area contributed by atoms with Gasteiger partial charge in [-0.15, -0.1) is 11.6 Å². The Morgan fingerprint density at radius 3 is 1.83 bits per heavy atom. The van der Waals surface area contributed by atoms with Crippen molar-refractivity contribution in [3.63, 3.8) is 0 Å². The van der Waals surface area contributed by atoms with Crippen LogP contribution in [0.1, 0.15) is 98.3 Å². The number of hydrogen-bond acceptors (Lipinski definition) is 0. The molecular formula is C17H35Cl. The molecule has 0 N–H and O–H groups in total. The number of hydrogen-bond donors (Lipinski definition) is 0. The van der Waals surface area contributed by atoms with Gasteiger partial charge in [-0.25, -0.2) is 0 Å². The summed E-state index contributed by atoms with van der Waals surface area (Å²) in [5.74, 6) is 0.675. The maximum Gasteiger partial charge on any atom is 0.0472 e. The van der Waals surface area contributed by atoms with Crippen molar-refractivity contribution in [1.29, 1.82) is 0 Å². The first-order valence-corrected chi connectivity index (χ1v) is 8.67. The van der Waals surface area contributed by atoms with Gasteiger partial charge in [-0.2, -0.15) is 0 Å². The van der Waals surface area contributed by atoms with E-state index >= 15 is 0 Å². The zero-order valence-electron chi connectivity index (χ0n) is 13.2. The van der Waals surface area contributed by atoms with E-state index < -0.39 is 0 Å². The third kappa shape index (κ3) is 7.67. The smallest absolute Gasteiger partial charge is 0.0472 e. The minimum Gasteiger partial charge on any atom is -0.119 e. The van der Waals surface area contributed by atoms with Crippen molar-refractivity contribution in [2.45, 2.75) is 103 Å². The standard InChI is InChI=1S/C17H35Cl/c1-5-8-11-13-16(4)17(18,14-10-7-3)15-12-9-6-2/h16H,5-15H2,1-4H3. The van der Waals surface area contributed by atoms with Gasteiger partial charge in [0.1, 0.15) is 0 Å². The Hall–Kier alpha value is 0.290. The van der Waals surface area contributed by atoms with Crippen LogP contribution in [0.4, 0.5) is 0 Å². The van der Waals surface area contributed by atoms with Crippen LogP contribution < -0.4 is 0 Å². The van der Waals surface area contributed by atoms with Gasteiger partial charge in [0, 0.05) is 4.87 Å².